The zero-order valence-corrected chi connectivity index (χ0v) is 16.6. The number of amides is 1. The maximum Gasteiger partial charge on any atom is 0.271 e. The number of hydrazone groups is 1. The van der Waals surface area contributed by atoms with Gasteiger partial charge in [0.25, 0.3) is 5.91 Å². The van der Waals surface area contributed by atoms with Crippen molar-refractivity contribution >= 4 is 44.0 Å². The van der Waals surface area contributed by atoms with Gasteiger partial charge in [-0.1, -0.05) is 28.6 Å². The lowest BCUT2D eigenvalue weighted by Crippen LogP contribution is -2.17. The highest BCUT2D eigenvalue weighted by Crippen LogP contribution is 2.36. The fourth-order valence-corrected chi connectivity index (χ4v) is 2.77. The van der Waals surface area contributed by atoms with Gasteiger partial charge in [-0.3, -0.25) is 4.79 Å². The zero-order chi connectivity index (χ0) is 18.2. The number of hydrogen-bond donors (Lipinski definition) is 1. The van der Waals surface area contributed by atoms with Gasteiger partial charge in [-0.2, -0.15) is 5.10 Å². The van der Waals surface area contributed by atoms with Gasteiger partial charge in [-0.15, -0.1) is 0 Å². The van der Waals surface area contributed by atoms with E-state index >= 15 is 0 Å². The van der Waals surface area contributed by atoms with Crippen LogP contribution in [-0.4, -0.2) is 25.8 Å². The maximum atomic E-state index is 12.0. The van der Waals surface area contributed by atoms with Crippen LogP contribution in [0.3, 0.4) is 0 Å². The van der Waals surface area contributed by atoms with Crippen LogP contribution in [0.25, 0.3) is 0 Å². The molecule has 1 N–H and O–H groups in total. The molecule has 0 atom stereocenters. The van der Waals surface area contributed by atoms with Crippen LogP contribution < -0.4 is 14.9 Å². The van der Waals surface area contributed by atoms with Gasteiger partial charge in [0.15, 0.2) is 11.5 Å². The number of halogens is 2. The van der Waals surface area contributed by atoms with Crippen molar-refractivity contribution in [2.75, 3.05) is 13.7 Å². The molecule has 0 bridgehead atoms. The third-order valence-electron chi connectivity index (χ3n) is 3.08. The van der Waals surface area contributed by atoms with Gasteiger partial charge in [0.2, 0.25) is 0 Å². The topological polar surface area (TPSA) is 59.9 Å². The third kappa shape index (κ3) is 5.44. The van der Waals surface area contributed by atoms with E-state index in [2.05, 4.69) is 49.0 Å². The second-order valence-electron chi connectivity index (χ2n) is 4.84. The maximum absolute atomic E-state index is 12.0. The predicted molar refractivity (Wildman–Crippen MR) is 106 cm³/mol. The van der Waals surface area contributed by atoms with E-state index in [-0.39, 0.29) is 5.91 Å². The Morgan fingerprint density at radius 2 is 2.00 bits per heavy atom. The fraction of sp³-hybridized carbons (Fsp3) is 0.111. The summed E-state index contributed by atoms with van der Waals surface area (Å²) in [5.74, 6) is 0.844. The van der Waals surface area contributed by atoms with Crippen LogP contribution in [0, 0.1) is 0 Å². The van der Waals surface area contributed by atoms with E-state index in [0.717, 1.165) is 14.5 Å². The SMILES string of the molecule is C=CCOc1c(Br)cc(/C=N/NC(=O)c2ccc(Br)cc2)cc1OC. The highest BCUT2D eigenvalue weighted by Gasteiger charge is 2.11. The Morgan fingerprint density at radius 3 is 2.64 bits per heavy atom. The molecule has 0 saturated heterocycles. The van der Waals surface area contributed by atoms with Crippen LogP contribution in [0.2, 0.25) is 0 Å². The van der Waals surface area contributed by atoms with E-state index in [0.29, 0.717) is 23.7 Å². The van der Waals surface area contributed by atoms with Crippen molar-refractivity contribution in [3.8, 4) is 11.5 Å². The monoisotopic (exact) mass is 466 g/mol. The van der Waals surface area contributed by atoms with E-state index in [1.807, 2.05) is 6.07 Å². The molecule has 5 nitrogen and oxygen atoms in total. The van der Waals surface area contributed by atoms with E-state index in [1.54, 1.807) is 43.5 Å². The lowest BCUT2D eigenvalue weighted by atomic mass is 10.2. The molecule has 0 aliphatic rings. The first-order valence-electron chi connectivity index (χ1n) is 7.25. The second-order valence-corrected chi connectivity index (χ2v) is 6.61. The molecule has 2 rings (SSSR count). The highest BCUT2D eigenvalue weighted by atomic mass is 79.9. The van der Waals surface area contributed by atoms with Gasteiger partial charge >= 0.3 is 0 Å². The molecule has 25 heavy (non-hydrogen) atoms. The number of ether oxygens (including phenoxy) is 2. The first-order valence-corrected chi connectivity index (χ1v) is 8.84. The zero-order valence-electron chi connectivity index (χ0n) is 13.5. The number of methoxy groups -OCH3 is 1. The second kappa shape index (κ2) is 9.39. The minimum Gasteiger partial charge on any atom is -0.493 e. The lowest BCUT2D eigenvalue weighted by molar-refractivity contribution is 0.0955. The van der Waals surface area contributed by atoms with Crippen molar-refractivity contribution in [1.29, 1.82) is 0 Å². The molecule has 0 aliphatic carbocycles. The molecule has 0 aromatic heterocycles. The number of rotatable bonds is 7. The molecule has 0 radical (unpaired) electrons. The van der Waals surface area contributed by atoms with Crippen LogP contribution in [0.4, 0.5) is 0 Å². The summed E-state index contributed by atoms with van der Waals surface area (Å²) in [4.78, 5) is 12.0. The number of nitrogens with zero attached hydrogens (tertiary/aromatic N) is 1. The molecule has 130 valence electrons. The Balaban J connectivity index is 2.09. The summed E-state index contributed by atoms with van der Waals surface area (Å²) in [7, 11) is 1.55. The van der Waals surface area contributed by atoms with E-state index in [9.17, 15) is 4.79 Å². The Labute approximate surface area is 163 Å². The van der Waals surface area contributed by atoms with E-state index in [4.69, 9.17) is 9.47 Å². The van der Waals surface area contributed by atoms with E-state index < -0.39 is 0 Å². The van der Waals surface area contributed by atoms with Crippen molar-refractivity contribution < 1.29 is 14.3 Å². The molecular weight excluding hydrogens is 452 g/mol. The average Bonchev–Trinajstić information content (AvgIpc) is 2.61. The molecule has 0 aliphatic heterocycles. The molecule has 0 spiro atoms. The molecule has 0 heterocycles. The number of hydrogen-bond acceptors (Lipinski definition) is 4. The summed E-state index contributed by atoms with van der Waals surface area (Å²) in [6.07, 6.45) is 3.18. The van der Waals surface area contributed by atoms with Crippen LogP contribution in [0.15, 0.2) is 63.1 Å². The van der Waals surface area contributed by atoms with E-state index in [1.165, 1.54) is 6.21 Å². The largest absolute Gasteiger partial charge is 0.493 e. The van der Waals surface area contributed by atoms with Crippen molar-refractivity contribution in [2.24, 2.45) is 5.10 Å². The average molecular weight is 468 g/mol. The van der Waals surface area contributed by atoms with Gasteiger partial charge < -0.3 is 9.47 Å². The van der Waals surface area contributed by atoms with Crippen LogP contribution in [-0.2, 0) is 0 Å². The summed E-state index contributed by atoms with van der Waals surface area (Å²) in [6, 6.07) is 10.6. The third-order valence-corrected chi connectivity index (χ3v) is 4.20. The van der Waals surface area contributed by atoms with Gasteiger partial charge in [0, 0.05) is 10.0 Å². The molecular formula is C18H16Br2N2O3. The molecule has 1 amide bonds. The first kappa shape index (κ1) is 19.2. The molecule has 0 unspecified atom stereocenters. The molecule has 7 heteroatoms. The minimum atomic E-state index is -0.291. The van der Waals surface area contributed by atoms with Crippen molar-refractivity contribution in [3.63, 3.8) is 0 Å². The summed E-state index contributed by atoms with van der Waals surface area (Å²) in [6.45, 7) is 3.99. The predicted octanol–water partition coefficient (Wildman–Crippen LogP) is 4.55. The first-order chi connectivity index (χ1) is 12.0. The Bertz CT molecular complexity index is 790. The quantitative estimate of drug-likeness (QED) is 0.369. The Kier molecular flexibility index (Phi) is 7.21. The van der Waals surface area contributed by atoms with Crippen LogP contribution in [0.1, 0.15) is 15.9 Å². The normalized spacial score (nSPS) is 10.5. The van der Waals surface area contributed by atoms with Gasteiger partial charge in [-0.25, -0.2) is 5.43 Å². The number of benzene rings is 2. The number of carbonyl (C=O) groups is 1. The van der Waals surface area contributed by atoms with Gasteiger partial charge in [0.1, 0.15) is 6.61 Å². The number of nitrogens with one attached hydrogen (secondary N) is 1. The minimum absolute atomic E-state index is 0.291. The van der Waals surface area contributed by atoms with Crippen LogP contribution >= 0.6 is 31.9 Å². The molecule has 2 aromatic carbocycles. The summed E-state index contributed by atoms with van der Waals surface area (Å²) in [5, 5.41) is 3.98. The van der Waals surface area contributed by atoms with Crippen LogP contribution in [0.5, 0.6) is 11.5 Å². The van der Waals surface area contributed by atoms with Gasteiger partial charge in [0.05, 0.1) is 17.8 Å². The van der Waals surface area contributed by atoms with Crippen molar-refractivity contribution in [1.82, 2.24) is 5.43 Å². The fourth-order valence-electron chi connectivity index (χ4n) is 1.93. The number of carbonyl (C=O) groups excluding carboxylic acids is 1. The Hall–Kier alpha value is -2.12. The summed E-state index contributed by atoms with van der Waals surface area (Å²) in [5.41, 5.74) is 3.75. The summed E-state index contributed by atoms with van der Waals surface area (Å²) < 4.78 is 12.5. The molecule has 2 aromatic rings. The summed E-state index contributed by atoms with van der Waals surface area (Å²) >= 11 is 6.77. The standard InChI is InChI=1S/C18H16Br2N2O3/c1-3-8-25-17-15(20)9-12(10-16(17)24-2)11-21-22-18(23)13-4-6-14(19)7-5-13/h3-7,9-11H,1,8H2,2H3,(H,22,23)/b21-11+. The van der Waals surface area contributed by atoms with Gasteiger partial charge in [-0.05, 0) is 57.9 Å². The highest BCUT2D eigenvalue weighted by molar-refractivity contribution is 9.10. The lowest BCUT2D eigenvalue weighted by Gasteiger charge is -2.12. The smallest absolute Gasteiger partial charge is 0.271 e. The molecule has 0 fully saturated rings. The molecule has 0 saturated carbocycles. The van der Waals surface area contributed by atoms with Crippen molar-refractivity contribution in [2.45, 2.75) is 0 Å². The Morgan fingerprint density at radius 1 is 1.28 bits per heavy atom. The van der Waals surface area contributed by atoms with Crippen molar-refractivity contribution in [3.05, 3.63) is 69.1 Å².